The number of hydrogen-bond donors (Lipinski definition) is 1. The summed E-state index contributed by atoms with van der Waals surface area (Å²) in [5.41, 5.74) is 0.150. The highest BCUT2D eigenvalue weighted by molar-refractivity contribution is 6.04. The molecule has 0 fully saturated rings. The van der Waals surface area contributed by atoms with Gasteiger partial charge in [0.1, 0.15) is 0 Å². The van der Waals surface area contributed by atoms with Crippen molar-refractivity contribution in [1.29, 1.82) is 0 Å². The Hall–Kier alpha value is -2.17. The molecule has 0 unspecified atom stereocenters. The summed E-state index contributed by atoms with van der Waals surface area (Å²) in [5.74, 6) is 0.151. The number of rotatable bonds is 5. The fourth-order valence-electron chi connectivity index (χ4n) is 2.39. The van der Waals surface area contributed by atoms with Gasteiger partial charge in [-0.15, -0.1) is 0 Å². The van der Waals surface area contributed by atoms with Gasteiger partial charge in [0.2, 0.25) is 0 Å². The van der Waals surface area contributed by atoms with Crippen LogP contribution in [-0.2, 0) is 6.54 Å². The van der Waals surface area contributed by atoms with Crippen LogP contribution in [0.1, 0.15) is 44.6 Å². The number of fused-ring (bicyclic) bond motifs is 1. The van der Waals surface area contributed by atoms with Crippen molar-refractivity contribution in [3.8, 4) is 0 Å². The number of carbonyl (C=O) groups excluding carboxylic acids is 1. The number of carbonyl (C=O) groups is 1. The van der Waals surface area contributed by atoms with Crippen LogP contribution >= 0.6 is 0 Å². The third kappa shape index (κ3) is 3.03. The molecule has 0 aliphatic carbocycles. The van der Waals surface area contributed by atoms with Crippen LogP contribution in [0.5, 0.6) is 0 Å². The molecular weight excluding hydrogens is 278 g/mol. The maximum absolute atomic E-state index is 12.6. The average Bonchev–Trinajstić information content (AvgIpc) is 2.54. The Morgan fingerprint density at radius 3 is 2.45 bits per heavy atom. The fourth-order valence-corrected chi connectivity index (χ4v) is 2.39. The molecule has 1 heterocycles. The van der Waals surface area contributed by atoms with Crippen molar-refractivity contribution < 1.29 is 4.79 Å². The molecule has 0 saturated carbocycles. The van der Waals surface area contributed by atoms with Gasteiger partial charge in [-0.1, -0.05) is 38.5 Å². The summed E-state index contributed by atoms with van der Waals surface area (Å²) >= 11 is 0. The molecule has 0 saturated heterocycles. The fraction of sp³-hybridized carbons (Fsp3) is 0.471. The van der Waals surface area contributed by atoms with Crippen LogP contribution in [0.15, 0.2) is 29.1 Å². The van der Waals surface area contributed by atoms with Crippen LogP contribution < -0.4 is 10.9 Å². The molecule has 1 N–H and O–H groups in total. The van der Waals surface area contributed by atoms with Crippen LogP contribution in [-0.4, -0.2) is 21.7 Å². The second-order valence-corrected chi connectivity index (χ2v) is 5.66. The molecule has 0 aliphatic rings. The quantitative estimate of drug-likeness (QED) is 0.923. The zero-order chi connectivity index (χ0) is 16.3. The molecule has 5 nitrogen and oxygen atoms in total. The van der Waals surface area contributed by atoms with Crippen molar-refractivity contribution in [2.24, 2.45) is 5.92 Å². The molecular formula is C17H23N3O2. The lowest BCUT2D eigenvalue weighted by Gasteiger charge is -2.20. The third-order valence-electron chi connectivity index (χ3n) is 4.24. The van der Waals surface area contributed by atoms with Crippen molar-refractivity contribution in [1.82, 2.24) is 15.1 Å². The van der Waals surface area contributed by atoms with Gasteiger partial charge in [-0.3, -0.25) is 9.59 Å². The predicted molar refractivity (Wildman–Crippen MR) is 88.1 cm³/mol. The minimum atomic E-state index is -0.230. The highest BCUT2D eigenvalue weighted by Crippen LogP contribution is 2.14. The molecule has 2 atom stereocenters. The van der Waals surface area contributed by atoms with E-state index in [9.17, 15) is 9.59 Å². The molecule has 118 valence electrons. The van der Waals surface area contributed by atoms with Gasteiger partial charge in [-0.05, 0) is 25.8 Å². The number of nitrogens with one attached hydrogen (secondary N) is 1. The molecule has 2 rings (SSSR count). The molecule has 0 spiro atoms. The number of aromatic nitrogens is 2. The van der Waals surface area contributed by atoms with Crippen molar-refractivity contribution in [2.45, 2.75) is 46.7 Å². The summed E-state index contributed by atoms with van der Waals surface area (Å²) in [6, 6.07) is 7.18. The van der Waals surface area contributed by atoms with Gasteiger partial charge in [-0.2, -0.15) is 5.10 Å². The lowest BCUT2D eigenvalue weighted by atomic mass is 10.0. The normalized spacial score (nSPS) is 13.8. The zero-order valence-corrected chi connectivity index (χ0v) is 13.6. The molecule has 1 aromatic heterocycles. The van der Waals surface area contributed by atoms with Crippen LogP contribution in [0.2, 0.25) is 0 Å². The monoisotopic (exact) mass is 301 g/mol. The minimum absolute atomic E-state index is 0.0556. The van der Waals surface area contributed by atoms with Gasteiger partial charge in [0.15, 0.2) is 5.69 Å². The van der Waals surface area contributed by atoms with Crippen LogP contribution in [0.4, 0.5) is 0 Å². The van der Waals surface area contributed by atoms with Gasteiger partial charge in [0.05, 0.1) is 5.39 Å². The highest BCUT2D eigenvalue weighted by Gasteiger charge is 2.19. The van der Waals surface area contributed by atoms with E-state index < -0.39 is 0 Å². The van der Waals surface area contributed by atoms with E-state index in [4.69, 9.17) is 0 Å². The smallest absolute Gasteiger partial charge is 0.274 e. The molecule has 5 heteroatoms. The number of benzene rings is 1. The first-order valence-electron chi connectivity index (χ1n) is 7.80. The SMILES string of the molecule is CC[C@@H](C)[C@@H](C)NC(=O)c1nn(CC)c(=O)c2ccccc12. The van der Waals surface area contributed by atoms with Crippen molar-refractivity contribution in [3.63, 3.8) is 0 Å². The third-order valence-corrected chi connectivity index (χ3v) is 4.24. The molecule has 0 aliphatic heterocycles. The van der Waals surface area contributed by atoms with Gasteiger partial charge < -0.3 is 5.32 Å². The first kappa shape index (κ1) is 16.2. The molecule has 22 heavy (non-hydrogen) atoms. The molecule has 2 aromatic rings. The van der Waals surface area contributed by atoms with E-state index in [1.165, 1.54) is 4.68 Å². The Morgan fingerprint density at radius 1 is 1.23 bits per heavy atom. The second kappa shape index (κ2) is 6.73. The summed E-state index contributed by atoms with van der Waals surface area (Å²) in [5, 5.41) is 8.37. The summed E-state index contributed by atoms with van der Waals surface area (Å²) in [6.07, 6.45) is 0.990. The zero-order valence-electron chi connectivity index (χ0n) is 13.6. The van der Waals surface area contributed by atoms with E-state index in [1.807, 2.05) is 19.9 Å². The Balaban J connectivity index is 2.48. The van der Waals surface area contributed by atoms with Crippen molar-refractivity contribution in [3.05, 3.63) is 40.3 Å². The maximum atomic E-state index is 12.6. The first-order valence-corrected chi connectivity index (χ1v) is 7.80. The standard InChI is InChI=1S/C17H23N3O2/c1-5-11(3)12(4)18-16(21)15-13-9-7-8-10-14(13)17(22)20(6-2)19-15/h7-12H,5-6H2,1-4H3,(H,18,21)/t11-,12-/m1/s1. The summed E-state index contributed by atoms with van der Waals surface area (Å²) in [7, 11) is 0. The summed E-state index contributed by atoms with van der Waals surface area (Å²) in [6.45, 7) is 8.46. The summed E-state index contributed by atoms with van der Waals surface area (Å²) in [4.78, 5) is 24.9. The topological polar surface area (TPSA) is 64.0 Å². The number of aryl methyl sites for hydroxylation is 1. The van der Waals surface area contributed by atoms with Crippen LogP contribution in [0.3, 0.4) is 0 Å². The van der Waals surface area contributed by atoms with E-state index in [-0.39, 0.29) is 17.5 Å². The number of hydrogen-bond acceptors (Lipinski definition) is 3. The van der Waals surface area contributed by atoms with Crippen LogP contribution in [0.25, 0.3) is 10.8 Å². The number of amides is 1. The minimum Gasteiger partial charge on any atom is -0.348 e. The maximum Gasteiger partial charge on any atom is 0.274 e. The Bertz CT molecular complexity index is 736. The first-order chi connectivity index (χ1) is 10.5. The van der Waals surface area contributed by atoms with Gasteiger partial charge in [0, 0.05) is 18.0 Å². The largest absolute Gasteiger partial charge is 0.348 e. The van der Waals surface area contributed by atoms with E-state index in [0.717, 1.165) is 6.42 Å². The van der Waals surface area contributed by atoms with E-state index in [2.05, 4.69) is 24.3 Å². The number of nitrogens with zero attached hydrogens (tertiary/aromatic N) is 2. The lowest BCUT2D eigenvalue weighted by molar-refractivity contribution is 0.0922. The van der Waals surface area contributed by atoms with Crippen molar-refractivity contribution >= 4 is 16.7 Å². The predicted octanol–water partition coefficient (Wildman–Crippen LogP) is 2.58. The van der Waals surface area contributed by atoms with Gasteiger partial charge in [-0.25, -0.2) is 4.68 Å². The van der Waals surface area contributed by atoms with Gasteiger partial charge in [0.25, 0.3) is 11.5 Å². The second-order valence-electron chi connectivity index (χ2n) is 5.66. The summed E-state index contributed by atoms with van der Waals surface area (Å²) < 4.78 is 1.34. The van der Waals surface area contributed by atoms with E-state index >= 15 is 0 Å². The van der Waals surface area contributed by atoms with E-state index in [0.29, 0.717) is 28.9 Å². The Kier molecular flexibility index (Phi) is 4.96. The highest BCUT2D eigenvalue weighted by atomic mass is 16.2. The molecule has 0 bridgehead atoms. The Labute approximate surface area is 130 Å². The lowest BCUT2D eigenvalue weighted by Crippen LogP contribution is -2.38. The molecule has 1 amide bonds. The van der Waals surface area contributed by atoms with Crippen molar-refractivity contribution in [2.75, 3.05) is 0 Å². The Morgan fingerprint density at radius 2 is 1.86 bits per heavy atom. The van der Waals surface area contributed by atoms with E-state index in [1.54, 1.807) is 18.2 Å². The molecule has 1 aromatic carbocycles. The average molecular weight is 301 g/mol. The van der Waals surface area contributed by atoms with Gasteiger partial charge >= 0.3 is 0 Å². The van der Waals surface area contributed by atoms with Crippen LogP contribution in [0, 0.1) is 5.92 Å². The molecule has 0 radical (unpaired) electrons.